The molecule has 4 aromatic carbocycles. The Morgan fingerprint density at radius 1 is 0.667 bits per heavy atom. The summed E-state index contributed by atoms with van der Waals surface area (Å²) in [6.45, 7) is 0. The van der Waals surface area contributed by atoms with Gasteiger partial charge in [0.05, 0.1) is 7.11 Å². The second kappa shape index (κ2) is 7.57. The molecule has 2 nitrogen and oxygen atoms in total. The molecule has 0 N–H and O–H groups in total. The van der Waals surface area contributed by atoms with Crippen LogP contribution in [0.25, 0.3) is 17.2 Å². The molecule has 146 valence electrons. The Morgan fingerprint density at radius 3 is 2.00 bits per heavy atom. The number of benzene rings is 4. The summed E-state index contributed by atoms with van der Waals surface area (Å²) in [5.41, 5.74) is 4.81. The molecule has 0 fully saturated rings. The third-order valence-corrected chi connectivity index (χ3v) is 5.59. The van der Waals surface area contributed by atoms with Crippen LogP contribution in [0.3, 0.4) is 0 Å². The summed E-state index contributed by atoms with van der Waals surface area (Å²) in [6.07, 6.45) is 4.32. The number of methoxy groups -OCH3 is 1. The fourth-order valence-electron chi connectivity index (χ4n) is 4.01. The maximum atomic E-state index is 6.79. The standard InChI is InChI=1S/C28H22O2/c1-29-26-14-8-9-22(19-26)23-16-15-21-17-18-28(30-27(21)20-23,24-10-4-2-5-11-24)25-12-6-3-7-13-25/h2-20H,1H3. The van der Waals surface area contributed by atoms with Gasteiger partial charge in [-0.2, -0.15) is 0 Å². The highest BCUT2D eigenvalue weighted by Crippen LogP contribution is 2.43. The van der Waals surface area contributed by atoms with E-state index in [0.29, 0.717) is 0 Å². The van der Waals surface area contributed by atoms with E-state index in [4.69, 9.17) is 9.47 Å². The Morgan fingerprint density at radius 2 is 1.33 bits per heavy atom. The van der Waals surface area contributed by atoms with Crippen molar-refractivity contribution < 1.29 is 9.47 Å². The molecule has 2 heteroatoms. The van der Waals surface area contributed by atoms with Gasteiger partial charge in [-0.3, -0.25) is 0 Å². The zero-order chi connectivity index (χ0) is 20.4. The minimum absolute atomic E-state index is 0.664. The molecule has 0 amide bonds. The SMILES string of the molecule is COc1cccc(-c2ccc3c(c2)OC(c2ccccc2)(c2ccccc2)C=C3)c1. The Labute approximate surface area is 177 Å². The van der Waals surface area contributed by atoms with Gasteiger partial charge in [-0.1, -0.05) is 91.0 Å². The smallest absolute Gasteiger partial charge is 0.178 e. The van der Waals surface area contributed by atoms with Crippen molar-refractivity contribution in [3.63, 3.8) is 0 Å². The molecule has 1 aliphatic rings. The van der Waals surface area contributed by atoms with Crippen molar-refractivity contribution in [3.05, 3.63) is 126 Å². The van der Waals surface area contributed by atoms with E-state index in [0.717, 1.165) is 39.3 Å². The summed E-state index contributed by atoms with van der Waals surface area (Å²) in [7, 11) is 1.69. The highest BCUT2D eigenvalue weighted by molar-refractivity contribution is 5.73. The second-order valence-electron chi connectivity index (χ2n) is 7.39. The predicted molar refractivity (Wildman–Crippen MR) is 122 cm³/mol. The minimum atomic E-state index is -0.664. The molecule has 1 aliphatic heterocycles. The maximum absolute atomic E-state index is 6.79. The molecule has 0 atom stereocenters. The average Bonchev–Trinajstić information content (AvgIpc) is 2.84. The van der Waals surface area contributed by atoms with Gasteiger partial charge < -0.3 is 9.47 Å². The van der Waals surface area contributed by atoms with Gasteiger partial charge in [-0.05, 0) is 35.4 Å². The zero-order valence-corrected chi connectivity index (χ0v) is 16.8. The summed E-state index contributed by atoms with van der Waals surface area (Å²) in [5.74, 6) is 1.71. The fourth-order valence-corrected chi connectivity index (χ4v) is 4.01. The van der Waals surface area contributed by atoms with Crippen molar-refractivity contribution in [1.29, 1.82) is 0 Å². The Balaban J connectivity index is 1.63. The molecular formula is C28H22O2. The Bertz CT molecular complexity index is 1150. The summed E-state index contributed by atoms with van der Waals surface area (Å²) >= 11 is 0. The first-order chi connectivity index (χ1) is 14.8. The normalized spacial score (nSPS) is 13.9. The molecule has 5 rings (SSSR count). The van der Waals surface area contributed by atoms with Crippen LogP contribution in [-0.4, -0.2) is 7.11 Å². The number of ether oxygens (including phenoxy) is 2. The van der Waals surface area contributed by atoms with E-state index in [9.17, 15) is 0 Å². The van der Waals surface area contributed by atoms with Crippen LogP contribution in [0.5, 0.6) is 11.5 Å². The van der Waals surface area contributed by atoms with Gasteiger partial charge in [-0.15, -0.1) is 0 Å². The lowest BCUT2D eigenvalue weighted by Crippen LogP contribution is -2.34. The van der Waals surface area contributed by atoms with E-state index in [1.165, 1.54) is 0 Å². The molecule has 0 spiro atoms. The highest BCUT2D eigenvalue weighted by Gasteiger charge is 2.36. The molecule has 0 aromatic heterocycles. The van der Waals surface area contributed by atoms with Gasteiger partial charge in [0.2, 0.25) is 0 Å². The number of fused-ring (bicyclic) bond motifs is 1. The molecule has 1 heterocycles. The molecule has 0 radical (unpaired) electrons. The van der Waals surface area contributed by atoms with Gasteiger partial charge in [0.25, 0.3) is 0 Å². The molecule has 4 aromatic rings. The topological polar surface area (TPSA) is 18.5 Å². The summed E-state index contributed by atoms with van der Waals surface area (Å²) in [6, 6.07) is 35.2. The number of hydrogen-bond donors (Lipinski definition) is 0. The molecule has 0 bridgehead atoms. The first-order valence-electron chi connectivity index (χ1n) is 10.1. The van der Waals surface area contributed by atoms with Crippen molar-refractivity contribution in [3.8, 4) is 22.6 Å². The lowest BCUT2D eigenvalue weighted by molar-refractivity contribution is 0.161. The second-order valence-corrected chi connectivity index (χ2v) is 7.39. The van der Waals surface area contributed by atoms with E-state index in [1.807, 2.05) is 30.3 Å². The van der Waals surface area contributed by atoms with E-state index in [2.05, 4.69) is 84.9 Å². The van der Waals surface area contributed by atoms with Gasteiger partial charge in [0, 0.05) is 16.7 Å². The van der Waals surface area contributed by atoms with Crippen LogP contribution in [0.2, 0.25) is 0 Å². The lowest BCUT2D eigenvalue weighted by Gasteiger charge is -2.36. The molecule has 0 aliphatic carbocycles. The third-order valence-electron chi connectivity index (χ3n) is 5.59. The van der Waals surface area contributed by atoms with Gasteiger partial charge >= 0.3 is 0 Å². The monoisotopic (exact) mass is 390 g/mol. The highest BCUT2D eigenvalue weighted by atomic mass is 16.5. The number of hydrogen-bond acceptors (Lipinski definition) is 2. The summed E-state index contributed by atoms with van der Waals surface area (Å²) in [4.78, 5) is 0. The van der Waals surface area contributed by atoms with Crippen LogP contribution in [-0.2, 0) is 5.60 Å². The van der Waals surface area contributed by atoms with Crippen molar-refractivity contribution in [1.82, 2.24) is 0 Å². The van der Waals surface area contributed by atoms with Crippen LogP contribution in [0.15, 0.2) is 109 Å². The maximum Gasteiger partial charge on any atom is 0.178 e. The zero-order valence-electron chi connectivity index (χ0n) is 16.8. The van der Waals surface area contributed by atoms with Crippen molar-refractivity contribution in [2.45, 2.75) is 5.60 Å². The molecule has 0 unspecified atom stereocenters. The van der Waals surface area contributed by atoms with E-state index >= 15 is 0 Å². The van der Waals surface area contributed by atoms with Crippen LogP contribution in [0, 0.1) is 0 Å². The molecule has 30 heavy (non-hydrogen) atoms. The lowest BCUT2D eigenvalue weighted by atomic mass is 9.83. The first kappa shape index (κ1) is 18.3. The van der Waals surface area contributed by atoms with E-state index < -0.39 is 5.60 Å². The summed E-state index contributed by atoms with van der Waals surface area (Å²) in [5, 5.41) is 0. The largest absolute Gasteiger partial charge is 0.497 e. The Kier molecular flexibility index (Phi) is 4.61. The Hall–Kier alpha value is -3.78. The number of rotatable bonds is 4. The van der Waals surface area contributed by atoms with Crippen molar-refractivity contribution >= 4 is 6.08 Å². The van der Waals surface area contributed by atoms with Crippen LogP contribution in [0.4, 0.5) is 0 Å². The molecular weight excluding hydrogens is 368 g/mol. The van der Waals surface area contributed by atoms with Crippen molar-refractivity contribution in [2.75, 3.05) is 7.11 Å². The summed E-state index contributed by atoms with van der Waals surface area (Å²) < 4.78 is 12.2. The van der Waals surface area contributed by atoms with Crippen LogP contribution in [0.1, 0.15) is 16.7 Å². The van der Waals surface area contributed by atoms with Crippen molar-refractivity contribution in [2.24, 2.45) is 0 Å². The molecule has 0 saturated heterocycles. The van der Waals surface area contributed by atoms with E-state index in [1.54, 1.807) is 7.11 Å². The van der Waals surface area contributed by atoms with Crippen LogP contribution < -0.4 is 9.47 Å². The van der Waals surface area contributed by atoms with Gasteiger partial charge in [-0.25, -0.2) is 0 Å². The fraction of sp³-hybridized carbons (Fsp3) is 0.0714. The predicted octanol–water partition coefficient (Wildman–Crippen LogP) is 6.71. The van der Waals surface area contributed by atoms with Gasteiger partial charge in [0.1, 0.15) is 11.5 Å². The molecule has 0 saturated carbocycles. The first-order valence-corrected chi connectivity index (χ1v) is 10.1. The van der Waals surface area contributed by atoms with Crippen LogP contribution >= 0.6 is 0 Å². The van der Waals surface area contributed by atoms with Gasteiger partial charge in [0.15, 0.2) is 5.60 Å². The van der Waals surface area contributed by atoms with E-state index in [-0.39, 0.29) is 0 Å². The average molecular weight is 390 g/mol. The minimum Gasteiger partial charge on any atom is -0.497 e. The third kappa shape index (κ3) is 3.17. The quantitative estimate of drug-likeness (QED) is 0.385.